The zero-order chi connectivity index (χ0) is 14.9. The molecule has 0 saturated heterocycles. The Morgan fingerprint density at radius 2 is 1.55 bits per heavy atom. The Hall–Kier alpha value is 0.620. The molecule has 0 aliphatic heterocycles. The van der Waals surface area contributed by atoms with Gasteiger partial charge in [0.25, 0.3) is 0 Å². The van der Waals surface area contributed by atoms with Gasteiger partial charge in [-0.05, 0) is 102 Å². The van der Waals surface area contributed by atoms with Crippen molar-refractivity contribution >= 4 is 77.0 Å². The van der Waals surface area contributed by atoms with Gasteiger partial charge in [0.2, 0.25) is 0 Å². The van der Waals surface area contributed by atoms with Crippen LogP contribution in [0.3, 0.4) is 0 Å². The van der Waals surface area contributed by atoms with E-state index in [9.17, 15) is 5.11 Å². The summed E-state index contributed by atoms with van der Waals surface area (Å²) in [6, 6.07) is 8.08. The van der Waals surface area contributed by atoms with Gasteiger partial charge in [-0.25, -0.2) is 0 Å². The lowest BCUT2D eigenvalue weighted by Gasteiger charge is -2.13. The highest BCUT2D eigenvalue weighted by Crippen LogP contribution is 2.38. The zero-order valence-corrected chi connectivity index (χ0v) is 17.9. The second-order valence-corrected chi connectivity index (χ2v) is 8.08. The molecule has 0 fully saturated rings. The Morgan fingerprint density at radius 3 is 2.10 bits per heavy atom. The third-order valence-electron chi connectivity index (χ3n) is 2.84. The smallest absolute Gasteiger partial charge is 0.133 e. The molecule has 20 heavy (non-hydrogen) atoms. The van der Waals surface area contributed by atoms with Gasteiger partial charge in [0.1, 0.15) is 5.75 Å². The van der Waals surface area contributed by atoms with E-state index in [-0.39, 0.29) is 6.61 Å². The molecular formula is C14H10Br2I2O2. The van der Waals surface area contributed by atoms with Gasteiger partial charge in [-0.2, -0.15) is 0 Å². The topological polar surface area (TPSA) is 29.5 Å². The minimum absolute atomic E-state index is 0.00868. The first-order chi connectivity index (χ1) is 9.47. The van der Waals surface area contributed by atoms with Gasteiger partial charge >= 0.3 is 0 Å². The van der Waals surface area contributed by atoms with Crippen LogP contribution in [-0.2, 0) is 6.61 Å². The molecule has 0 aliphatic carbocycles. The fraction of sp³-hybridized carbons (Fsp3) is 0.143. The maximum absolute atomic E-state index is 9.43. The van der Waals surface area contributed by atoms with E-state index in [1.165, 1.54) is 0 Å². The van der Waals surface area contributed by atoms with Gasteiger partial charge in [0.15, 0.2) is 0 Å². The number of rotatable bonds is 3. The molecule has 0 radical (unpaired) electrons. The Morgan fingerprint density at radius 1 is 1.00 bits per heavy atom. The van der Waals surface area contributed by atoms with Crippen molar-refractivity contribution in [1.82, 2.24) is 0 Å². The first kappa shape index (κ1) is 17.0. The van der Waals surface area contributed by atoms with Gasteiger partial charge in [0.05, 0.1) is 18.2 Å². The molecule has 0 spiro atoms. The Bertz CT molecular complexity index is 603. The quantitative estimate of drug-likeness (QED) is 0.452. The molecule has 0 atom stereocenters. The average molecular weight is 624 g/mol. The summed E-state index contributed by atoms with van der Waals surface area (Å²) in [5.74, 6) is 0.796. The van der Waals surface area contributed by atoms with Crippen molar-refractivity contribution < 1.29 is 9.84 Å². The number of hydrogen-bond acceptors (Lipinski definition) is 2. The highest BCUT2D eigenvalue weighted by atomic mass is 127. The van der Waals surface area contributed by atoms with Gasteiger partial charge in [0, 0.05) is 11.6 Å². The molecule has 0 amide bonds. The van der Waals surface area contributed by atoms with E-state index in [1.54, 1.807) is 7.11 Å². The average Bonchev–Trinajstić information content (AvgIpc) is 2.40. The van der Waals surface area contributed by atoms with Crippen molar-refractivity contribution in [2.24, 2.45) is 0 Å². The van der Waals surface area contributed by atoms with E-state index in [4.69, 9.17) is 4.74 Å². The second-order valence-electron chi connectivity index (χ2n) is 4.05. The number of benzene rings is 2. The normalized spacial score (nSPS) is 10.7. The molecule has 1 N–H and O–H groups in total. The van der Waals surface area contributed by atoms with Gasteiger partial charge in [-0.1, -0.05) is 15.9 Å². The summed E-state index contributed by atoms with van der Waals surface area (Å²) in [6.07, 6.45) is 0. The molecule has 2 aromatic rings. The van der Waals surface area contributed by atoms with Crippen LogP contribution in [0.25, 0.3) is 11.1 Å². The molecule has 106 valence electrons. The van der Waals surface area contributed by atoms with E-state index in [1.807, 2.05) is 24.3 Å². The minimum Gasteiger partial charge on any atom is -0.496 e. The predicted molar refractivity (Wildman–Crippen MR) is 105 cm³/mol. The maximum Gasteiger partial charge on any atom is 0.133 e. The summed E-state index contributed by atoms with van der Waals surface area (Å²) in [6.45, 7) is 0.00868. The van der Waals surface area contributed by atoms with Crippen LogP contribution < -0.4 is 4.74 Å². The van der Waals surface area contributed by atoms with Crippen LogP contribution in [0.5, 0.6) is 5.75 Å². The van der Waals surface area contributed by atoms with Crippen molar-refractivity contribution in [2.45, 2.75) is 6.61 Å². The summed E-state index contributed by atoms with van der Waals surface area (Å²) in [7, 11) is 1.66. The number of ether oxygens (including phenoxy) is 1. The monoisotopic (exact) mass is 622 g/mol. The van der Waals surface area contributed by atoms with Crippen molar-refractivity contribution in [3.63, 3.8) is 0 Å². The maximum atomic E-state index is 9.43. The van der Waals surface area contributed by atoms with E-state index < -0.39 is 0 Å². The van der Waals surface area contributed by atoms with Gasteiger partial charge in [-0.3, -0.25) is 0 Å². The van der Waals surface area contributed by atoms with E-state index in [2.05, 4.69) is 77.0 Å². The lowest BCUT2D eigenvalue weighted by Crippen LogP contribution is -1.94. The van der Waals surface area contributed by atoms with Crippen molar-refractivity contribution in [2.75, 3.05) is 7.11 Å². The molecule has 0 aromatic heterocycles. The number of hydrogen-bond donors (Lipinski definition) is 1. The van der Waals surface area contributed by atoms with Crippen LogP contribution in [0.1, 0.15) is 5.56 Å². The zero-order valence-electron chi connectivity index (χ0n) is 10.4. The largest absolute Gasteiger partial charge is 0.496 e. The summed E-state index contributed by atoms with van der Waals surface area (Å²) >= 11 is 11.6. The third-order valence-corrected chi connectivity index (χ3v) is 5.98. The van der Waals surface area contributed by atoms with Crippen molar-refractivity contribution in [3.05, 3.63) is 45.9 Å². The molecule has 0 bridgehead atoms. The Balaban J connectivity index is 2.67. The van der Waals surface area contributed by atoms with E-state index in [0.717, 1.165) is 38.5 Å². The number of methoxy groups -OCH3 is 1. The first-order valence-corrected chi connectivity index (χ1v) is 9.34. The summed E-state index contributed by atoms with van der Waals surface area (Å²) < 4.78 is 9.47. The molecule has 0 saturated carbocycles. The standard InChI is InChI=1S/C14H10Br2I2O2/c1-20-14-3-9(13(18)5-11(14)16)8-2-7(6-19)10(15)4-12(8)17/h2-5,19H,6H2,1H3. The highest BCUT2D eigenvalue weighted by molar-refractivity contribution is 14.1. The number of halogens is 4. The molecule has 6 heteroatoms. The molecule has 2 rings (SSSR count). The van der Waals surface area contributed by atoms with E-state index in [0.29, 0.717) is 0 Å². The first-order valence-electron chi connectivity index (χ1n) is 5.60. The fourth-order valence-electron chi connectivity index (χ4n) is 1.81. The van der Waals surface area contributed by atoms with Crippen LogP contribution in [0.2, 0.25) is 0 Å². The van der Waals surface area contributed by atoms with E-state index >= 15 is 0 Å². The lowest BCUT2D eigenvalue weighted by atomic mass is 10.0. The summed E-state index contributed by atoms with van der Waals surface area (Å²) in [4.78, 5) is 0. The Labute approximate surface area is 161 Å². The lowest BCUT2D eigenvalue weighted by molar-refractivity contribution is 0.281. The second kappa shape index (κ2) is 7.26. The van der Waals surface area contributed by atoms with Crippen molar-refractivity contribution in [3.8, 4) is 16.9 Å². The summed E-state index contributed by atoms with van der Waals surface area (Å²) in [5, 5.41) is 9.43. The van der Waals surface area contributed by atoms with Gasteiger partial charge < -0.3 is 9.84 Å². The number of aliphatic hydroxyl groups is 1. The van der Waals surface area contributed by atoms with Crippen LogP contribution in [0.15, 0.2) is 33.2 Å². The molecule has 0 unspecified atom stereocenters. The molecule has 2 nitrogen and oxygen atoms in total. The van der Waals surface area contributed by atoms with Crippen LogP contribution in [-0.4, -0.2) is 12.2 Å². The van der Waals surface area contributed by atoms with Crippen LogP contribution >= 0.6 is 77.0 Å². The SMILES string of the molecule is COc1cc(-c2cc(CO)c(Br)cc2I)c(I)cc1Br. The van der Waals surface area contributed by atoms with Crippen LogP contribution in [0.4, 0.5) is 0 Å². The predicted octanol–water partition coefficient (Wildman–Crippen LogP) is 5.59. The highest BCUT2D eigenvalue weighted by Gasteiger charge is 2.14. The third kappa shape index (κ3) is 3.50. The van der Waals surface area contributed by atoms with Crippen molar-refractivity contribution in [1.29, 1.82) is 0 Å². The number of aliphatic hydroxyl groups excluding tert-OH is 1. The fourth-order valence-corrected chi connectivity index (χ4v) is 5.16. The minimum atomic E-state index is 0.00868. The van der Waals surface area contributed by atoms with Gasteiger partial charge in [-0.15, -0.1) is 0 Å². The summed E-state index contributed by atoms with van der Waals surface area (Å²) in [5.41, 5.74) is 3.06. The van der Waals surface area contributed by atoms with Crippen LogP contribution in [0, 0.1) is 7.14 Å². The molecule has 0 heterocycles. The Kier molecular flexibility index (Phi) is 6.16. The molecular weight excluding hydrogens is 614 g/mol. The molecule has 2 aromatic carbocycles. The molecule has 0 aliphatic rings.